The van der Waals surface area contributed by atoms with E-state index >= 15 is 0 Å². The highest BCUT2D eigenvalue weighted by molar-refractivity contribution is 6.31. The van der Waals surface area contributed by atoms with Gasteiger partial charge in [-0.3, -0.25) is 4.79 Å². The molecule has 3 rings (SSSR count). The number of rotatable bonds is 3. The normalized spacial score (nSPS) is 10.5. The number of aromatic nitrogens is 3. The van der Waals surface area contributed by atoms with Gasteiger partial charge < -0.3 is 5.32 Å². The van der Waals surface area contributed by atoms with Crippen molar-refractivity contribution in [1.29, 1.82) is 0 Å². The second-order valence-electron chi connectivity index (χ2n) is 4.46. The van der Waals surface area contributed by atoms with E-state index in [0.717, 1.165) is 0 Å². The molecule has 1 heterocycles. The summed E-state index contributed by atoms with van der Waals surface area (Å²) in [5, 5.41) is 7.24. The summed E-state index contributed by atoms with van der Waals surface area (Å²) in [6.07, 6.45) is 2.90. The zero-order valence-corrected chi connectivity index (χ0v) is 12.0. The number of nitrogens with zero attached hydrogens (tertiary/aromatic N) is 3. The Morgan fingerprint density at radius 1 is 1.18 bits per heavy atom. The van der Waals surface area contributed by atoms with E-state index < -0.39 is 5.82 Å². The fraction of sp³-hybridized carbons (Fsp3) is 0. The van der Waals surface area contributed by atoms with Gasteiger partial charge in [0.25, 0.3) is 5.91 Å². The molecule has 110 valence electrons. The van der Waals surface area contributed by atoms with Crippen LogP contribution in [0.5, 0.6) is 0 Å². The standard InChI is InChI=1S/C15H10ClFN4O/c16-11-3-6-14(21-9-18-8-19-21)13(7-11)20-15(22)10-1-4-12(17)5-2-10/h1-9H,(H,20,22). The van der Waals surface area contributed by atoms with Crippen LogP contribution in [0.15, 0.2) is 55.1 Å². The molecule has 0 saturated heterocycles. The van der Waals surface area contributed by atoms with Crippen molar-refractivity contribution in [2.75, 3.05) is 5.32 Å². The van der Waals surface area contributed by atoms with E-state index in [4.69, 9.17) is 11.6 Å². The van der Waals surface area contributed by atoms with Gasteiger partial charge in [-0.25, -0.2) is 14.1 Å². The minimum Gasteiger partial charge on any atom is -0.320 e. The lowest BCUT2D eigenvalue weighted by molar-refractivity contribution is 0.102. The second kappa shape index (κ2) is 5.95. The number of nitrogens with one attached hydrogen (secondary N) is 1. The quantitative estimate of drug-likeness (QED) is 0.806. The fourth-order valence-corrected chi connectivity index (χ4v) is 2.11. The van der Waals surface area contributed by atoms with E-state index in [0.29, 0.717) is 22.0 Å². The summed E-state index contributed by atoms with van der Waals surface area (Å²) in [4.78, 5) is 16.1. The summed E-state index contributed by atoms with van der Waals surface area (Å²) in [5.74, 6) is -0.772. The van der Waals surface area contributed by atoms with Gasteiger partial charge in [-0.2, -0.15) is 5.10 Å². The third-order valence-corrected chi connectivity index (χ3v) is 3.21. The lowest BCUT2D eigenvalue weighted by Gasteiger charge is -2.11. The number of carbonyl (C=O) groups excluding carboxylic acids is 1. The van der Waals surface area contributed by atoms with Crippen LogP contribution in [0.2, 0.25) is 5.02 Å². The molecule has 0 aliphatic rings. The largest absolute Gasteiger partial charge is 0.320 e. The minimum absolute atomic E-state index is 0.339. The van der Waals surface area contributed by atoms with Crippen LogP contribution in [0, 0.1) is 5.82 Å². The third kappa shape index (κ3) is 2.96. The van der Waals surface area contributed by atoms with Crippen LogP contribution in [0.1, 0.15) is 10.4 Å². The average Bonchev–Trinajstić information content (AvgIpc) is 3.02. The summed E-state index contributed by atoms with van der Waals surface area (Å²) < 4.78 is 14.4. The molecule has 0 unspecified atom stereocenters. The van der Waals surface area contributed by atoms with Gasteiger partial charge in [0.05, 0.1) is 11.4 Å². The highest BCUT2D eigenvalue weighted by Crippen LogP contribution is 2.24. The van der Waals surface area contributed by atoms with E-state index in [1.807, 2.05) is 0 Å². The van der Waals surface area contributed by atoms with Crippen molar-refractivity contribution in [3.05, 3.63) is 71.5 Å². The molecule has 2 aromatic carbocycles. The van der Waals surface area contributed by atoms with E-state index in [-0.39, 0.29) is 5.91 Å². The zero-order valence-electron chi connectivity index (χ0n) is 11.2. The Bertz CT molecular complexity index is 803. The molecule has 0 saturated carbocycles. The number of hydrogen-bond acceptors (Lipinski definition) is 3. The Morgan fingerprint density at radius 3 is 2.64 bits per heavy atom. The predicted molar refractivity (Wildman–Crippen MR) is 80.7 cm³/mol. The molecule has 1 amide bonds. The van der Waals surface area contributed by atoms with Crippen molar-refractivity contribution in [3.63, 3.8) is 0 Å². The molecule has 5 nitrogen and oxygen atoms in total. The van der Waals surface area contributed by atoms with E-state index in [2.05, 4.69) is 15.4 Å². The number of amides is 1. The molecular weight excluding hydrogens is 307 g/mol. The van der Waals surface area contributed by atoms with E-state index in [1.165, 1.54) is 41.6 Å². The Kier molecular flexibility index (Phi) is 3.84. The van der Waals surface area contributed by atoms with Crippen LogP contribution in [-0.4, -0.2) is 20.7 Å². The van der Waals surface area contributed by atoms with Gasteiger partial charge in [-0.15, -0.1) is 0 Å². The molecule has 3 aromatic rings. The number of anilines is 1. The van der Waals surface area contributed by atoms with Gasteiger partial charge in [0, 0.05) is 10.6 Å². The van der Waals surface area contributed by atoms with Crippen LogP contribution in [0.25, 0.3) is 5.69 Å². The van der Waals surface area contributed by atoms with Crippen LogP contribution in [0.4, 0.5) is 10.1 Å². The van der Waals surface area contributed by atoms with Crippen LogP contribution in [-0.2, 0) is 0 Å². The molecule has 0 atom stereocenters. The Balaban J connectivity index is 1.93. The average molecular weight is 317 g/mol. The first-order valence-corrected chi connectivity index (χ1v) is 6.73. The van der Waals surface area contributed by atoms with Crippen molar-refractivity contribution >= 4 is 23.2 Å². The summed E-state index contributed by atoms with van der Waals surface area (Å²) in [6.45, 7) is 0. The molecule has 1 N–H and O–H groups in total. The van der Waals surface area contributed by atoms with Gasteiger partial charge in [-0.05, 0) is 42.5 Å². The highest BCUT2D eigenvalue weighted by Gasteiger charge is 2.11. The highest BCUT2D eigenvalue weighted by atomic mass is 35.5. The molecule has 0 radical (unpaired) electrons. The molecule has 1 aromatic heterocycles. The third-order valence-electron chi connectivity index (χ3n) is 2.98. The topological polar surface area (TPSA) is 59.8 Å². The second-order valence-corrected chi connectivity index (χ2v) is 4.90. The van der Waals surface area contributed by atoms with E-state index in [1.54, 1.807) is 18.2 Å². The van der Waals surface area contributed by atoms with Gasteiger partial charge in [0.15, 0.2) is 0 Å². The summed E-state index contributed by atoms with van der Waals surface area (Å²) in [6, 6.07) is 10.3. The van der Waals surface area contributed by atoms with E-state index in [9.17, 15) is 9.18 Å². The van der Waals surface area contributed by atoms with Crippen LogP contribution < -0.4 is 5.32 Å². The molecule has 0 fully saturated rings. The maximum atomic E-state index is 12.9. The monoisotopic (exact) mass is 316 g/mol. The van der Waals surface area contributed by atoms with Crippen molar-refractivity contribution in [2.24, 2.45) is 0 Å². The summed E-state index contributed by atoms with van der Waals surface area (Å²) in [7, 11) is 0. The van der Waals surface area contributed by atoms with Crippen molar-refractivity contribution in [3.8, 4) is 5.69 Å². The smallest absolute Gasteiger partial charge is 0.255 e. The molecular formula is C15H10ClFN4O. The molecule has 7 heteroatoms. The first-order valence-electron chi connectivity index (χ1n) is 6.35. The Hall–Kier alpha value is -2.73. The Labute approximate surface area is 130 Å². The molecule has 0 spiro atoms. The fourth-order valence-electron chi connectivity index (χ4n) is 1.94. The van der Waals surface area contributed by atoms with Gasteiger partial charge in [0.1, 0.15) is 18.5 Å². The molecule has 0 aliphatic carbocycles. The summed E-state index contributed by atoms with van der Waals surface area (Å²) in [5.41, 5.74) is 1.44. The zero-order chi connectivity index (χ0) is 15.5. The number of carbonyl (C=O) groups is 1. The van der Waals surface area contributed by atoms with Crippen molar-refractivity contribution < 1.29 is 9.18 Å². The minimum atomic E-state index is -0.400. The first-order chi connectivity index (χ1) is 10.6. The lowest BCUT2D eigenvalue weighted by Crippen LogP contribution is -2.14. The molecule has 0 bridgehead atoms. The number of benzene rings is 2. The lowest BCUT2D eigenvalue weighted by atomic mass is 10.2. The van der Waals surface area contributed by atoms with Crippen LogP contribution >= 0.6 is 11.6 Å². The van der Waals surface area contributed by atoms with Gasteiger partial charge in [0.2, 0.25) is 0 Å². The Morgan fingerprint density at radius 2 is 1.95 bits per heavy atom. The molecule has 22 heavy (non-hydrogen) atoms. The van der Waals surface area contributed by atoms with Gasteiger partial charge >= 0.3 is 0 Å². The number of halogens is 2. The SMILES string of the molecule is O=C(Nc1cc(Cl)ccc1-n1cncn1)c1ccc(F)cc1. The van der Waals surface area contributed by atoms with Crippen LogP contribution in [0.3, 0.4) is 0 Å². The van der Waals surface area contributed by atoms with Crippen molar-refractivity contribution in [1.82, 2.24) is 14.8 Å². The maximum Gasteiger partial charge on any atom is 0.255 e. The summed E-state index contributed by atoms with van der Waals surface area (Å²) >= 11 is 5.98. The first kappa shape index (κ1) is 14.2. The maximum absolute atomic E-state index is 12.9. The molecule has 0 aliphatic heterocycles. The van der Waals surface area contributed by atoms with Gasteiger partial charge in [-0.1, -0.05) is 11.6 Å². The number of hydrogen-bond donors (Lipinski definition) is 1. The van der Waals surface area contributed by atoms with Crippen molar-refractivity contribution in [2.45, 2.75) is 0 Å². The predicted octanol–water partition coefficient (Wildman–Crippen LogP) is 3.31.